The molecule has 0 fully saturated rings. The van der Waals surface area contributed by atoms with Crippen LogP contribution < -0.4 is 15.4 Å². The number of aryl methyl sites for hydroxylation is 2. The van der Waals surface area contributed by atoms with Gasteiger partial charge in [0.1, 0.15) is 5.75 Å². The maximum Gasteiger partial charge on any atom is 0.237 e. The molecule has 3 aromatic rings. The van der Waals surface area contributed by atoms with E-state index in [0.29, 0.717) is 5.13 Å². The average Bonchev–Trinajstić information content (AvgIpc) is 3.21. The molecule has 0 unspecified atom stereocenters. The topological polar surface area (TPSA) is 94.0 Å². The summed E-state index contributed by atoms with van der Waals surface area (Å²) in [4.78, 5) is 12.5. The van der Waals surface area contributed by atoms with Crippen LogP contribution in [0.5, 0.6) is 5.75 Å². The molecule has 0 saturated heterocycles. The number of nitrogens with zero attached hydrogens (tertiary/aromatic N) is 4. The first-order valence-corrected chi connectivity index (χ1v) is 10.3. The van der Waals surface area contributed by atoms with Crippen LogP contribution in [0.25, 0.3) is 0 Å². The fourth-order valence-corrected chi connectivity index (χ4v) is 4.41. The number of rotatable bonds is 7. The van der Waals surface area contributed by atoms with Gasteiger partial charge >= 0.3 is 0 Å². The van der Waals surface area contributed by atoms with E-state index in [0.717, 1.165) is 32.9 Å². The van der Waals surface area contributed by atoms with Gasteiger partial charge in [-0.25, -0.2) is 0 Å². The van der Waals surface area contributed by atoms with Gasteiger partial charge in [0.15, 0.2) is 4.34 Å². The Bertz CT molecular complexity index is 967. The van der Waals surface area contributed by atoms with Gasteiger partial charge in [-0.2, -0.15) is 5.10 Å². The quantitative estimate of drug-likeness (QED) is 0.564. The Morgan fingerprint density at radius 1 is 1.25 bits per heavy atom. The minimum atomic E-state index is -0.319. The number of benzene rings is 1. The number of thioether (sulfide) groups is 1. The van der Waals surface area contributed by atoms with E-state index in [1.807, 2.05) is 52.1 Å². The molecule has 1 atom stereocenters. The van der Waals surface area contributed by atoms with Crippen molar-refractivity contribution in [3.8, 4) is 5.75 Å². The molecule has 0 aliphatic rings. The molecule has 0 spiro atoms. The number of carbonyl (C=O) groups is 1. The molecule has 0 radical (unpaired) electrons. The summed E-state index contributed by atoms with van der Waals surface area (Å²) in [5.74, 6) is 0.696. The predicted molar refractivity (Wildman–Crippen MR) is 113 cm³/mol. The molecule has 2 N–H and O–H groups in total. The first-order chi connectivity index (χ1) is 13.4. The summed E-state index contributed by atoms with van der Waals surface area (Å²) in [6.07, 6.45) is 0. The second kappa shape index (κ2) is 8.61. The summed E-state index contributed by atoms with van der Waals surface area (Å²) in [7, 11) is 3.49. The Morgan fingerprint density at radius 3 is 2.57 bits per heavy atom. The van der Waals surface area contributed by atoms with Gasteiger partial charge in [0.25, 0.3) is 0 Å². The molecule has 10 heteroatoms. The molecular weight excluding hydrogens is 396 g/mol. The first kappa shape index (κ1) is 20.2. The summed E-state index contributed by atoms with van der Waals surface area (Å²) in [6, 6.07) is 7.55. The lowest BCUT2D eigenvalue weighted by atomic mass is 10.3. The minimum absolute atomic E-state index is 0.0935. The molecule has 0 bridgehead atoms. The Kier molecular flexibility index (Phi) is 6.20. The lowest BCUT2D eigenvalue weighted by Gasteiger charge is -2.10. The number of methoxy groups -OCH3 is 1. The molecular formula is C18H22N6O2S2. The monoisotopic (exact) mass is 418 g/mol. The summed E-state index contributed by atoms with van der Waals surface area (Å²) < 4.78 is 7.62. The number of anilines is 3. The van der Waals surface area contributed by atoms with Crippen LogP contribution in [0.1, 0.15) is 18.3 Å². The van der Waals surface area contributed by atoms with Crippen molar-refractivity contribution in [2.45, 2.75) is 30.4 Å². The van der Waals surface area contributed by atoms with Gasteiger partial charge < -0.3 is 15.4 Å². The lowest BCUT2D eigenvalue weighted by Crippen LogP contribution is -2.23. The smallest absolute Gasteiger partial charge is 0.237 e. The number of aromatic nitrogens is 4. The molecule has 3 rings (SSSR count). The average molecular weight is 419 g/mol. The molecule has 28 heavy (non-hydrogen) atoms. The van der Waals surface area contributed by atoms with Crippen LogP contribution in [-0.2, 0) is 11.8 Å². The maximum atomic E-state index is 12.5. The normalized spacial score (nSPS) is 11.9. The van der Waals surface area contributed by atoms with Gasteiger partial charge in [0.05, 0.1) is 29.4 Å². The van der Waals surface area contributed by atoms with E-state index in [4.69, 9.17) is 4.74 Å². The Balaban J connectivity index is 1.59. The van der Waals surface area contributed by atoms with Crippen molar-refractivity contribution in [3.63, 3.8) is 0 Å². The van der Waals surface area contributed by atoms with Crippen LogP contribution in [-0.4, -0.2) is 38.2 Å². The predicted octanol–water partition coefficient (Wildman–Crippen LogP) is 3.76. The van der Waals surface area contributed by atoms with Crippen LogP contribution in [0.3, 0.4) is 0 Å². The summed E-state index contributed by atoms with van der Waals surface area (Å²) in [5, 5.41) is 19.1. The third kappa shape index (κ3) is 4.63. The van der Waals surface area contributed by atoms with E-state index in [-0.39, 0.29) is 11.2 Å². The van der Waals surface area contributed by atoms with Gasteiger partial charge in [-0.15, -0.1) is 10.2 Å². The molecule has 0 aliphatic carbocycles. The fourth-order valence-electron chi connectivity index (χ4n) is 2.49. The lowest BCUT2D eigenvalue weighted by molar-refractivity contribution is -0.115. The van der Waals surface area contributed by atoms with Gasteiger partial charge in [-0.3, -0.25) is 9.48 Å². The van der Waals surface area contributed by atoms with E-state index in [1.54, 1.807) is 11.8 Å². The second-order valence-corrected chi connectivity index (χ2v) is 8.71. The van der Waals surface area contributed by atoms with Crippen molar-refractivity contribution >= 4 is 45.5 Å². The minimum Gasteiger partial charge on any atom is -0.497 e. The highest BCUT2D eigenvalue weighted by Crippen LogP contribution is 2.31. The SMILES string of the molecule is COc1ccc(Nc2nnc(S[C@@H](C)C(=O)Nc3c(C)nn(C)c3C)s2)cc1. The molecule has 1 amide bonds. The summed E-state index contributed by atoms with van der Waals surface area (Å²) in [5.41, 5.74) is 3.37. The third-order valence-corrected chi connectivity index (χ3v) is 6.17. The van der Waals surface area contributed by atoms with E-state index in [1.165, 1.54) is 23.1 Å². The Hall–Kier alpha value is -2.59. The van der Waals surface area contributed by atoms with Crippen molar-refractivity contribution in [2.75, 3.05) is 17.7 Å². The van der Waals surface area contributed by atoms with E-state index >= 15 is 0 Å². The second-order valence-electron chi connectivity index (χ2n) is 6.15. The largest absolute Gasteiger partial charge is 0.497 e. The summed E-state index contributed by atoms with van der Waals surface area (Å²) >= 11 is 2.77. The highest BCUT2D eigenvalue weighted by Gasteiger charge is 2.20. The Labute approximate surface area is 171 Å². The molecule has 8 nitrogen and oxygen atoms in total. The zero-order chi connectivity index (χ0) is 20.3. The fraction of sp³-hybridized carbons (Fsp3) is 0.333. The van der Waals surface area contributed by atoms with Crippen LogP contribution >= 0.6 is 23.1 Å². The number of nitrogens with one attached hydrogen (secondary N) is 2. The van der Waals surface area contributed by atoms with Gasteiger partial charge in [0.2, 0.25) is 11.0 Å². The van der Waals surface area contributed by atoms with Crippen molar-refractivity contribution in [1.29, 1.82) is 0 Å². The molecule has 2 heterocycles. The van der Waals surface area contributed by atoms with Crippen molar-refractivity contribution < 1.29 is 9.53 Å². The first-order valence-electron chi connectivity index (χ1n) is 8.59. The van der Waals surface area contributed by atoms with E-state index in [2.05, 4.69) is 25.9 Å². The highest BCUT2D eigenvalue weighted by molar-refractivity contribution is 8.02. The highest BCUT2D eigenvalue weighted by atomic mass is 32.2. The number of hydrogen-bond acceptors (Lipinski definition) is 8. The van der Waals surface area contributed by atoms with Gasteiger partial charge in [-0.05, 0) is 45.0 Å². The van der Waals surface area contributed by atoms with Crippen LogP contribution in [0, 0.1) is 13.8 Å². The number of carbonyl (C=O) groups excluding carboxylic acids is 1. The number of hydrogen-bond donors (Lipinski definition) is 2. The van der Waals surface area contributed by atoms with E-state index in [9.17, 15) is 4.79 Å². The zero-order valence-corrected chi connectivity index (χ0v) is 17.9. The number of ether oxygens (including phenoxy) is 1. The van der Waals surface area contributed by atoms with Crippen LogP contribution in [0.2, 0.25) is 0 Å². The Morgan fingerprint density at radius 2 is 1.96 bits per heavy atom. The maximum absolute atomic E-state index is 12.5. The van der Waals surface area contributed by atoms with Crippen LogP contribution in [0.15, 0.2) is 28.6 Å². The summed E-state index contributed by atoms with van der Waals surface area (Å²) in [6.45, 7) is 5.65. The molecule has 1 aromatic carbocycles. The van der Waals surface area contributed by atoms with Gasteiger partial charge in [0, 0.05) is 12.7 Å². The standard InChI is InChI=1S/C18H22N6O2S2/c1-10-15(11(2)24(4)23-10)20-16(25)12(3)27-18-22-21-17(28-18)19-13-6-8-14(26-5)9-7-13/h6-9,12H,1-5H3,(H,19,21)(H,20,25)/t12-/m0/s1. The zero-order valence-electron chi connectivity index (χ0n) is 16.3. The van der Waals surface area contributed by atoms with Crippen molar-refractivity contribution in [3.05, 3.63) is 35.7 Å². The van der Waals surface area contributed by atoms with Crippen molar-refractivity contribution in [1.82, 2.24) is 20.0 Å². The van der Waals surface area contributed by atoms with Gasteiger partial charge in [-0.1, -0.05) is 23.1 Å². The van der Waals surface area contributed by atoms with Crippen LogP contribution in [0.4, 0.5) is 16.5 Å². The number of amides is 1. The molecule has 2 aromatic heterocycles. The molecule has 148 valence electrons. The van der Waals surface area contributed by atoms with Crippen molar-refractivity contribution in [2.24, 2.45) is 7.05 Å². The molecule has 0 saturated carbocycles. The molecule has 0 aliphatic heterocycles. The van der Waals surface area contributed by atoms with E-state index < -0.39 is 0 Å². The third-order valence-electron chi connectivity index (χ3n) is 4.15.